The number of aliphatic carboxylic acids is 1. The molecule has 0 fully saturated rings. The third kappa shape index (κ3) is 5.87. The van der Waals surface area contributed by atoms with Crippen molar-refractivity contribution in [2.24, 2.45) is 0 Å². The van der Waals surface area contributed by atoms with E-state index in [9.17, 15) is 22.8 Å². The zero-order chi connectivity index (χ0) is 15.3. The van der Waals surface area contributed by atoms with Crippen LogP contribution in [0.15, 0.2) is 17.5 Å². The van der Waals surface area contributed by atoms with Gasteiger partial charge in [-0.2, -0.15) is 13.2 Å². The fourth-order valence-electron chi connectivity index (χ4n) is 1.42. The maximum Gasteiger partial charge on any atom is 0.391 e. The van der Waals surface area contributed by atoms with E-state index in [-0.39, 0.29) is 5.56 Å². The van der Waals surface area contributed by atoms with E-state index in [0.29, 0.717) is 4.88 Å². The van der Waals surface area contributed by atoms with Crippen molar-refractivity contribution in [2.45, 2.75) is 25.6 Å². The van der Waals surface area contributed by atoms with E-state index in [2.05, 4.69) is 5.32 Å². The molecule has 0 aromatic carbocycles. The summed E-state index contributed by atoms with van der Waals surface area (Å²) < 4.78 is 36.4. The van der Waals surface area contributed by atoms with Crippen LogP contribution in [0.3, 0.4) is 0 Å². The summed E-state index contributed by atoms with van der Waals surface area (Å²) >= 11 is 1.13. The number of carboxylic acids is 1. The molecule has 1 amide bonds. The number of alkyl halides is 3. The topological polar surface area (TPSA) is 66.4 Å². The van der Waals surface area contributed by atoms with Crippen LogP contribution in [0.5, 0.6) is 0 Å². The number of carbonyl (C=O) groups is 2. The minimum Gasteiger partial charge on any atom is -0.478 e. The highest BCUT2D eigenvalue weighted by Crippen LogP contribution is 2.22. The van der Waals surface area contributed by atoms with Crippen molar-refractivity contribution in [3.8, 4) is 0 Å². The van der Waals surface area contributed by atoms with Gasteiger partial charge in [-0.3, -0.25) is 4.79 Å². The molecule has 0 bridgehead atoms. The molecule has 0 aliphatic heterocycles. The van der Waals surface area contributed by atoms with E-state index < -0.39 is 30.5 Å². The first kappa shape index (κ1) is 16.2. The monoisotopic (exact) mass is 307 g/mol. The lowest BCUT2D eigenvalue weighted by Gasteiger charge is -2.15. The van der Waals surface area contributed by atoms with Crippen molar-refractivity contribution >= 4 is 29.3 Å². The van der Waals surface area contributed by atoms with Crippen LogP contribution in [-0.4, -0.2) is 29.2 Å². The van der Waals surface area contributed by atoms with Gasteiger partial charge >= 0.3 is 12.1 Å². The lowest BCUT2D eigenvalue weighted by Crippen LogP contribution is -2.35. The highest BCUT2D eigenvalue weighted by Gasteiger charge is 2.30. The Balaban J connectivity index is 2.62. The van der Waals surface area contributed by atoms with Crippen LogP contribution in [0.1, 0.15) is 28.6 Å². The molecule has 0 saturated carbocycles. The molecule has 0 aliphatic rings. The molecule has 0 saturated heterocycles. The summed E-state index contributed by atoms with van der Waals surface area (Å²) in [5, 5.41) is 12.1. The van der Waals surface area contributed by atoms with Crippen molar-refractivity contribution < 1.29 is 27.9 Å². The fourth-order valence-corrected chi connectivity index (χ4v) is 2.20. The van der Waals surface area contributed by atoms with E-state index >= 15 is 0 Å². The molecule has 0 spiro atoms. The number of rotatable bonds is 5. The van der Waals surface area contributed by atoms with Crippen molar-refractivity contribution in [3.63, 3.8) is 0 Å². The Hall–Kier alpha value is -1.83. The third-order valence-electron chi connectivity index (χ3n) is 2.19. The van der Waals surface area contributed by atoms with E-state index in [4.69, 9.17) is 5.11 Å². The molecule has 4 nitrogen and oxygen atoms in total. The van der Waals surface area contributed by atoms with Crippen LogP contribution in [0.2, 0.25) is 0 Å². The number of carboxylic acid groups (broad SMARTS) is 1. The SMILES string of the molecule is CC(CC(F)(F)F)NC(=O)c1csc(/C=C/C(=O)O)c1. The van der Waals surface area contributed by atoms with Crippen molar-refractivity contribution in [2.75, 3.05) is 0 Å². The molecule has 0 aliphatic carbocycles. The van der Waals surface area contributed by atoms with Gasteiger partial charge in [0, 0.05) is 22.4 Å². The predicted octanol–water partition coefficient (Wildman–Crippen LogP) is 2.92. The first-order valence-corrected chi connectivity index (χ1v) is 6.42. The predicted molar refractivity (Wildman–Crippen MR) is 68.6 cm³/mol. The summed E-state index contributed by atoms with van der Waals surface area (Å²) in [5.41, 5.74) is 0.203. The van der Waals surface area contributed by atoms with Gasteiger partial charge in [0.2, 0.25) is 0 Å². The van der Waals surface area contributed by atoms with Gasteiger partial charge in [0.25, 0.3) is 5.91 Å². The summed E-state index contributed by atoms with van der Waals surface area (Å²) in [6.07, 6.45) is -3.21. The van der Waals surface area contributed by atoms with Crippen LogP contribution in [-0.2, 0) is 4.79 Å². The maximum absolute atomic E-state index is 12.1. The van der Waals surface area contributed by atoms with Crippen molar-refractivity contribution in [3.05, 3.63) is 28.0 Å². The second kappa shape index (κ2) is 6.56. The molecule has 1 rings (SSSR count). The van der Waals surface area contributed by atoms with Gasteiger partial charge < -0.3 is 10.4 Å². The number of hydrogen-bond donors (Lipinski definition) is 2. The van der Waals surface area contributed by atoms with Crippen molar-refractivity contribution in [1.29, 1.82) is 0 Å². The highest BCUT2D eigenvalue weighted by atomic mass is 32.1. The van der Waals surface area contributed by atoms with Gasteiger partial charge in [-0.05, 0) is 19.1 Å². The molecule has 20 heavy (non-hydrogen) atoms. The zero-order valence-electron chi connectivity index (χ0n) is 10.4. The summed E-state index contributed by atoms with van der Waals surface area (Å²) in [5.74, 6) is -1.74. The summed E-state index contributed by atoms with van der Waals surface area (Å²) in [7, 11) is 0. The Labute approximate surface area is 116 Å². The molecule has 1 aromatic heterocycles. The summed E-state index contributed by atoms with van der Waals surface area (Å²) in [6, 6.07) is 0.389. The largest absolute Gasteiger partial charge is 0.478 e. The molecule has 1 unspecified atom stereocenters. The summed E-state index contributed by atoms with van der Waals surface area (Å²) in [4.78, 5) is 22.5. The van der Waals surface area contributed by atoms with Gasteiger partial charge in [-0.25, -0.2) is 4.79 Å². The quantitative estimate of drug-likeness (QED) is 0.822. The van der Waals surface area contributed by atoms with Gasteiger partial charge in [0.05, 0.1) is 12.0 Å². The molecule has 110 valence electrons. The Kier molecular flexibility index (Phi) is 5.32. The molecule has 0 radical (unpaired) electrons. The number of hydrogen-bond acceptors (Lipinski definition) is 3. The molecule has 2 N–H and O–H groups in total. The lowest BCUT2D eigenvalue weighted by molar-refractivity contribution is -0.138. The molecular weight excluding hydrogens is 295 g/mol. The fraction of sp³-hybridized carbons (Fsp3) is 0.333. The molecule has 8 heteroatoms. The number of amides is 1. The van der Waals surface area contributed by atoms with Crippen LogP contribution in [0.25, 0.3) is 6.08 Å². The average molecular weight is 307 g/mol. The Morgan fingerprint density at radius 1 is 1.50 bits per heavy atom. The number of thiophene rings is 1. The molecule has 1 aromatic rings. The third-order valence-corrected chi connectivity index (χ3v) is 3.09. The first-order valence-electron chi connectivity index (χ1n) is 5.54. The molecule has 1 atom stereocenters. The van der Waals surface area contributed by atoms with Gasteiger partial charge in [0.15, 0.2) is 0 Å². The zero-order valence-corrected chi connectivity index (χ0v) is 11.2. The van der Waals surface area contributed by atoms with E-state index in [1.54, 1.807) is 0 Å². The molecular formula is C12H12F3NO3S. The van der Waals surface area contributed by atoms with Crippen LogP contribution >= 0.6 is 11.3 Å². The minimum absolute atomic E-state index is 0.203. The maximum atomic E-state index is 12.1. The lowest BCUT2D eigenvalue weighted by atomic mass is 10.2. The smallest absolute Gasteiger partial charge is 0.391 e. The Morgan fingerprint density at radius 3 is 2.70 bits per heavy atom. The first-order chi connectivity index (χ1) is 9.17. The number of carbonyl (C=O) groups excluding carboxylic acids is 1. The standard InChI is InChI=1S/C12H12F3NO3S/c1-7(5-12(13,14)15)16-11(19)8-4-9(20-6-8)2-3-10(17)18/h2-4,6-7H,5H2,1H3,(H,16,19)(H,17,18)/b3-2+. The average Bonchev–Trinajstić information content (AvgIpc) is 2.71. The number of nitrogens with one attached hydrogen (secondary N) is 1. The Morgan fingerprint density at radius 2 is 2.15 bits per heavy atom. The Bertz CT molecular complexity index is 522. The van der Waals surface area contributed by atoms with Gasteiger partial charge in [-0.15, -0.1) is 11.3 Å². The van der Waals surface area contributed by atoms with E-state index in [1.165, 1.54) is 24.4 Å². The van der Waals surface area contributed by atoms with E-state index in [0.717, 1.165) is 17.4 Å². The normalized spacial score (nSPS) is 13.4. The summed E-state index contributed by atoms with van der Waals surface area (Å²) in [6.45, 7) is 1.27. The second-order valence-corrected chi connectivity index (χ2v) is 5.05. The van der Waals surface area contributed by atoms with E-state index in [1.807, 2.05) is 0 Å². The number of halogens is 3. The highest BCUT2D eigenvalue weighted by molar-refractivity contribution is 7.11. The molecule has 1 heterocycles. The van der Waals surface area contributed by atoms with Crippen LogP contribution in [0.4, 0.5) is 13.2 Å². The minimum atomic E-state index is -4.34. The van der Waals surface area contributed by atoms with Crippen LogP contribution in [0, 0.1) is 0 Å². The second-order valence-electron chi connectivity index (χ2n) is 4.10. The van der Waals surface area contributed by atoms with Gasteiger partial charge in [0.1, 0.15) is 0 Å². The van der Waals surface area contributed by atoms with Gasteiger partial charge in [-0.1, -0.05) is 0 Å². The van der Waals surface area contributed by atoms with Crippen LogP contribution < -0.4 is 5.32 Å². The van der Waals surface area contributed by atoms with Crippen molar-refractivity contribution in [1.82, 2.24) is 5.32 Å².